The van der Waals surface area contributed by atoms with Crippen molar-refractivity contribution in [2.24, 2.45) is 5.84 Å². The first-order valence-corrected chi connectivity index (χ1v) is 11.6. The van der Waals surface area contributed by atoms with Crippen molar-refractivity contribution < 1.29 is 9.18 Å². The van der Waals surface area contributed by atoms with Crippen LogP contribution in [0.1, 0.15) is 28.3 Å². The Hall–Kier alpha value is -4.50. The molecule has 182 valence electrons. The number of hydrogen-bond acceptors (Lipinski definition) is 7. The van der Waals surface area contributed by atoms with Gasteiger partial charge in [-0.25, -0.2) is 14.4 Å². The molecule has 36 heavy (non-hydrogen) atoms. The number of nitrogens with one attached hydrogen (secondary N) is 2. The number of rotatable bonds is 6. The van der Waals surface area contributed by atoms with Crippen molar-refractivity contribution in [3.05, 3.63) is 95.9 Å². The summed E-state index contributed by atoms with van der Waals surface area (Å²) < 4.78 is 14.5. The molecule has 0 saturated carbocycles. The van der Waals surface area contributed by atoms with Gasteiger partial charge in [0, 0.05) is 35.9 Å². The summed E-state index contributed by atoms with van der Waals surface area (Å²) in [4.78, 5) is 23.6. The van der Waals surface area contributed by atoms with Crippen molar-refractivity contribution in [3.63, 3.8) is 0 Å². The predicted molar refractivity (Wildman–Crippen MR) is 140 cm³/mol. The largest absolute Gasteiger partial charge is 0.382 e. The van der Waals surface area contributed by atoms with Crippen molar-refractivity contribution in [2.45, 2.75) is 12.3 Å². The van der Waals surface area contributed by atoms with Crippen LogP contribution in [-0.4, -0.2) is 29.0 Å². The molecule has 0 bridgehead atoms. The second kappa shape index (κ2) is 10.0. The van der Waals surface area contributed by atoms with Crippen molar-refractivity contribution in [1.29, 1.82) is 0 Å². The van der Waals surface area contributed by atoms with Gasteiger partial charge < -0.3 is 21.4 Å². The second-order valence-electron chi connectivity index (χ2n) is 8.67. The molecule has 1 aliphatic heterocycles. The smallest absolute Gasteiger partial charge is 0.258 e. The van der Waals surface area contributed by atoms with Gasteiger partial charge in [-0.2, -0.15) is 0 Å². The molecule has 1 amide bonds. The number of hydrazine groups is 1. The lowest BCUT2D eigenvalue weighted by atomic mass is 9.99. The molecule has 1 saturated heterocycles. The van der Waals surface area contributed by atoms with E-state index in [-0.39, 0.29) is 17.2 Å². The zero-order chi connectivity index (χ0) is 25.1. The molecule has 9 heteroatoms. The zero-order valence-electron chi connectivity index (χ0n) is 19.5. The van der Waals surface area contributed by atoms with Crippen LogP contribution in [0.25, 0.3) is 11.4 Å². The highest BCUT2D eigenvalue weighted by molar-refractivity contribution is 6.05. The van der Waals surface area contributed by atoms with Gasteiger partial charge in [0.05, 0.1) is 11.8 Å². The number of hydrogen-bond donors (Lipinski definition) is 4. The molecule has 1 atom stereocenters. The van der Waals surface area contributed by atoms with Gasteiger partial charge in [-0.15, -0.1) is 0 Å². The van der Waals surface area contributed by atoms with E-state index in [2.05, 4.69) is 49.9 Å². The highest BCUT2D eigenvalue weighted by Crippen LogP contribution is 2.31. The van der Waals surface area contributed by atoms with Crippen LogP contribution in [0.4, 0.5) is 27.3 Å². The molecule has 2 heterocycles. The van der Waals surface area contributed by atoms with E-state index in [1.807, 2.05) is 30.3 Å². The van der Waals surface area contributed by atoms with Gasteiger partial charge in [0.2, 0.25) is 0 Å². The molecule has 0 spiro atoms. The van der Waals surface area contributed by atoms with Crippen LogP contribution < -0.4 is 27.2 Å². The molecule has 4 aromatic rings. The maximum Gasteiger partial charge on any atom is 0.258 e. The van der Waals surface area contributed by atoms with E-state index in [1.165, 1.54) is 30.0 Å². The second-order valence-corrected chi connectivity index (χ2v) is 8.67. The number of nitrogens with zero attached hydrogens (tertiary/aromatic N) is 3. The molecule has 0 radical (unpaired) electrons. The van der Waals surface area contributed by atoms with E-state index in [1.54, 1.807) is 0 Å². The van der Waals surface area contributed by atoms with Gasteiger partial charge in [-0.05, 0) is 54.4 Å². The molecule has 1 aromatic heterocycles. The predicted octanol–water partition coefficient (Wildman–Crippen LogP) is 4.40. The molecular formula is C27H26FN7O. The number of halogens is 1. The first-order valence-electron chi connectivity index (χ1n) is 11.6. The normalized spacial score (nSPS) is 15.1. The molecule has 5 rings (SSSR count). The number of aromatic nitrogens is 2. The highest BCUT2D eigenvalue weighted by Gasteiger charge is 2.24. The Morgan fingerprint density at radius 3 is 2.56 bits per heavy atom. The van der Waals surface area contributed by atoms with E-state index in [4.69, 9.17) is 11.6 Å². The Morgan fingerprint density at radius 2 is 1.83 bits per heavy atom. The number of anilines is 4. The lowest BCUT2D eigenvalue weighted by Crippen LogP contribution is -2.19. The highest BCUT2D eigenvalue weighted by atomic mass is 19.1. The van der Waals surface area contributed by atoms with Crippen LogP contribution in [0.5, 0.6) is 0 Å². The molecule has 8 nitrogen and oxygen atoms in total. The topological polar surface area (TPSA) is 122 Å². The number of nitrogen functional groups attached to an aromatic ring is 2. The summed E-state index contributed by atoms with van der Waals surface area (Å²) >= 11 is 0. The zero-order valence-corrected chi connectivity index (χ0v) is 19.5. The monoisotopic (exact) mass is 483 g/mol. The van der Waals surface area contributed by atoms with Gasteiger partial charge >= 0.3 is 0 Å². The number of benzene rings is 3. The molecular weight excluding hydrogens is 457 g/mol. The fourth-order valence-corrected chi connectivity index (χ4v) is 4.43. The molecule has 0 aliphatic carbocycles. The van der Waals surface area contributed by atoms with Gasteiger partial charge in [0.15, 0.2) is 11.6 Å². The summed E-state index contributed by atoms with van der Waals surface area (Å²) in [6.45, 7) is 1.92. The summed E-state index contributed by atoms with van der Waals surface area (Å²) in [6, 6.07) is 22.2. The van der Waals surface area contributed by atoms with E-state index in [0.717, 1.165) is 25.2 Å². The van der Waals surface area contributed by atoms with Crippen LogP contribution in [0, 0.1) is 5.82 Å². The maximum absolute atomic E-state index is 14.5. The van der Waals surface area contributed by atoms with Gasteiger partial charge in [0.1, 0.15) is 11.5 Å². The third-order valence-electron chi connectivity index (χ3n) is 6.39. The molecule has 6 N–H and O–H groups in total. The fraction of sp³-hybridized carbons (Fsp3) is 0.148. The third kappa shape index (κ3) is 4.82. The van der Waals surface area contributed by atoms with Crippen molar-refractivity contribution in [1.82, 2.24) is 9.97 Å². The van der Waals surface area contributed by atoms with Crippen molar-refractivity contribution >= 4 is 28.8 Å². The standard InChI is InChI=1S/C27H26FN7O/c28-23-11-6-18(26-31-15-24(34-30)25(29)33-26)14-22(23)27(36)32-20-7-9-21(10-8-20)35-13-12-19(16-35)17-4-2-1-3-5-17/h1-11,14-15,19,34H,12-13,16,30H2,(H,32,36)(H2,29,31,33). The lowest BCUT2D eigenvalue weighted by molar-refractivity contribution is 0.102. The van der Waals surface area contributed by atoms with E-state index in [9.17, 15) is 9.18 Å². The quantitative estimate of drug-likeness (QED) is 0.237. The number of carbonyl (C=O) groups is 1. The fourth-order valence-electron chi connectivity index (χ4n) is 4.43. The number of nitrogens with two attached hydrogens (primary N) is 2. The van der Waals surface area contributed by atoms with E-state index >= 15 is 0 Å². The van der Waals surface area contributed by atoms with Crippen molar-refractivity contribution in [2.75, 3.05) is 34.5 Å². The van der Waals surface area contributed by atoms with Crippen LogP contribution in [-0.2, 0) is 0 Å². The molecule has 1 unspecified atom stereocenters. The number of amides is 1. The average molecular weight is 484 g/mol. The summed E-state index contributed by atoms with van der Waals surface area (Å²) in [6.07, 6.45) is 2.52. The van der Waals surface area contributed by atoms with Crippen LogP contribution in [0.15, 0.2) is 79.0 Å². The minimum Gasteiger partial charge on any atom is -0.382 e. The van der Waals surface area contributed by atoms with Gasteiger partial charge in [0.25, 0.3) is 5.91 Å². The Bertz CT molecular complexity index is 1380. The minimum absolute atomic E-state index is 0.120. The summed E-state index contributed by atoms with van der Waals surface area (Å²) in [5.74, 6) is 5.04. The SMILES string of the molecule is NNc1cnc(-c2ccc(F)c(C(=O)Nc3ccc(N4CCC(c5ccccc5)C4)cc3)c2)nc1N. The third-order valence-corrected chi connectivity index (χ3v) is 6.39. The molecule has 1 fully saturated rings. The van der Waals surface area contributed by atoms with E-state index in [0.29, 0.717) is 22.9 Å². The maximum atomic E-state index is 14.5. The van der Waals surface area contributed by atoms with Crippen LogP contribution in [0.3, 0.4) is 0 Å². The van der Waals surface area contributed by atoms with Gasteiger partial charge in [-0.3, -0.25) is 10.6 Å². The summed E-state index contributed by atoms with van der Waals surface area (Å²) in [5.41, 5.74) is 12.0. The average Bonchev–Trinajstić information content (AvgIpc) is 3.40. The molecule has 3 aromatic carbocycles. The Kier molecular flexibility index (Phi) is 6.46. The van der Waals surface area contributed by atoms with Crippen molar-refractivity contribution in [3.8, 4) is 11.4 Å². The van der Waals surface area contributed by atoms with Crippen LogP contribution in [0.2, 0.25) is 0 Å². The first-order chi connectivity index (χ1) is 17.5. The molecule has 1 aliphatic rings. The minimum atomic E-state index is -0.648. The Morgan fingerprint density at radius 1 is 1.06 bits per heavy atom. The van der Waals surface area contributed by atoms with E-state index < -0.39 is 11.7 Å². The summed E-state index contributed by atoms with van der Waals surface area (Å²) in [7, 11) is 0. The Balaban J connectivity index is 1.27. The Labute approximate surface area is 208 Å². The van der Waals surface area contributed by atoms with Gasteiger partial charge in [-0.1, -0.05) is 30.3 Å². The summed E-state index contributed by atoms with van der Waals surface area (Å²) in [5, 5.41) is 2.77. The number of carbonyl (C=O) groups excluding carboxylic acids is 1. The first kappa shape index (κ1) is 23.3. The van der Waals surface area contributed by atoms with Crippen LogP contribution >= 0.6 is 0 Å². The lowest BCUT2D eigenvalue weighted by Gasteiger charge is -2.19.